The average molecular weight is 146 g/mol. The van der Waals surface area contributed by atoms with Crippen LogP contribution in [0.5, 0.6) is 0 Å². The van der Waals surface area contributed by atoms with Crippen molar-refractivity contribution < 1.29 is 16.5 Å². The molecule has 1 heteroatoms. The summed E-state index contributed by atoms with van der Waals surface area (Å²) in [6.07, 6.45) is 0. The molecule has 0 spiro atoms. The Labute approximate surface area is 58.6 Å². The van der Waals surface area contributed by atoms with Crippen molar-refractivity contribution in [2.75, 3.05) is 0 Å². The minimum Gasteiger partial charge on any atom is -0.346 e. The summed E-state index contributed by atoms with van der Waals surface area (Å²) in [4.78, 5) is 0. The second-order valence-corrected chi connectivity index (χ2v) is 0. The summed E-state index contributed by atoms with van der Waals surface area (Å²) < 4.78 is 0. The molecule has 0 aliphatic rings. The fourth-order valence-electron chi connectivity index (χ4n) is 0. The van der Waals surface area contributed by atoms with E-state index in [1.54, 1.807) is 20.8 Å². The van der Waals surface area contributed by atoms with Crippen LogP contribution in [-0.2, 0) is 16.5 Å². The third-order valence-corrected chi connectivity index (χ3v) is 0. The van der Waals surface area contributed by atoms with Gasteiger partial charge in [-0.3, -0.25) is 0 Å². The summed E-state index contributed by atoms with van der Waals surface area (Å²) in [6.45, 7) is 15.0. The second-order valence-electron chi connectivity index (χ2n) is 0. The van der Waals surface area contributed by atoms with Crippen molar-refractivity contribution in [1.82, 2.24) is 0 Å². The van der Waals surface area contributed by atoms with E-state index in [0.29, 0.717) is 0 Å². The number of hydrogen-bond donors (Lipinski definition) is 0. The third kappa shape index (κ3) is 538. The SMILES string of the molecule is [CH2-]C.[CH2-]C.[CH2-]C.[Ni+3]. The molecule has 49 valence electrons. The van der Waals surface area contributed by atoms with E-state index in [1.165, 1.54) is 0 Å². The van der Waals surface area contributed by atoms with Crippen LogP contribution in [0.25, 0.3) is 0 Å². The van der Waals surface area contributed by atoms with Crippen LogP contribution in [0, 0.1) is 20.8 Å². The van der Waals surface area contributed by atoms with Crippen molar-refractivity contribution in [1.29, 1.82) is 0 Å². The molecule has 0 fully saturated rings. The van der Waals surface area contributed by atoms with Crippen LogP contribution in [-0.4, -0.2) is 0 Å². The van der Waals surface area contributed by atoms with Gasteiger partial charge < -0.3 is 20.8 Å². The molecule has 0 atom stereocenters. The van der Waals surface area contributed by atoms with E-state index < -0.39 is 0 Å². The molecule has 0 aromatic carbocycles. The van der Waals surface area contributed by atoms with E-state index in [1.807, 2.05) is 0 Å². The Morgan fingerprint density at radius 1 is 0.571 bits per heavy atom. The predicted octanol–water partition coefficient (Wildman–Crippen LogP) is 2.52. The van der Waals surface area contributed by atoms with Gasteiger partial charge in [0.05, 0.1) is 0 Å². The first-order valence-corrected chi connectivity index (χ1v) is 2.12. The zero-order chi connectivity index (χ0) is 6.00. The van der Waals surface area contributed by atoms with Gasteiger partial charge >= 0.3 is 16.5 Å². The fraction of sp³-hybridized carbons (Fsp3) is 0.500. The molecule has 0 heterocycles. The van der Waals surface area contributed by atoms with Gasteiger partial charge in [-0.05, 0) is 0 Å². The molecule has 7 heavy (non-hydrogen) atoms. The van der Waals surface area contributed by atoms with Crippen LogP contribution in [0.1, 0.15) is 20.8 Å². The molecule has 0 aliphatic carbocycles. The maximum atomic E-state index is 3.25. The van der Waals surface area contributed by atoms with Crippen molar-refractivity contribution in [2.24, 2.45) is 0 Å². The quantitative estimate of drug-likeness (QED) is 0.363. The van der Waals surface area contributed by atoms with Crippen LogP contribution in [0.2, 0.25) is 0 Å². The van der Waals surface area contributed by atoms with Crippen molar-refractivity contribution >= 4 is 0 Å². The Balaban J connectivity index is -0.00000000900. The molecular weight excluding hydrogens is 131 g/mol. The molecule has 0 aromatic rings. The van der Waals surface area contributed by atoms with Gasteiger partial charge in [0.25, 0.3) is 0 Å². The number of hydrogen-bond acceptors (Lipinski definition) is 0. The minimum atomic E-state index is 0. The molecule has 0 aliphatic heterocycles. The van der Waals surface area contributed by atoms with Crippen LogP contribution in [0.15, 0.2) is 0 Å². The maximum Gasteiger partial charge on any atom is 3.00 e. The average Bonchev–Trinajstić information content (AvgIpc) is 1.81. The Morgan fingerprint density at radius 2 is 0.571 bits per heavy atom. The van der Waals surface area contributed by atoms with Crippen molar-refractivity contribution in [3.05, 3.63) is 20.8 Å². The summed E-state index contributed by atoms with van der Waals surface area (Å²) in [5.74, 6) is 0. The van der Waals surface area contributed by atoms with E-state index in [0.717, 1.165) is 0 Å². The molecule has 1 radical (unpaired) electrons. The van der Waals surface area contributed by atoms with Gasteiger partial charge in [-0.2, -0.15) is 20.8 Å². The minimum absolute atomic E-state index is 0. The van der Waals surface area contributed by atoms with Crippen LogP contribution >= 0.6 is 0 Å². The first-order chi connectivity index (χ1) is 3.00. The molecule has 0 bridgehead atoms. The van der Waals surface area contributed by atoms with E-state index >= 15 is 0 Å². The maximum absolute atomic E-state index is 3.25. The standard InChI is InChI=1S/3C2H5.Ni/c3*1-2;/h3*1H2,2H3;/q3*-1;+3. The zero-order valence-corrected chi connectivity index (χ0v) is 6.43. The molecule has 0 saturated carbocycles. The predicted molar refractivity (Wildman–Crippen MR) is 33.1 cm³/mol. The van der Waals surface area contributed by atoms with Crippen LogP contribution in [0.4, 0.5) is 0 Å². The summed E-state index contributed by atoms with van der Waals surface area (Å²) in [7, 11) is 0. The molecule has 0 rings (SSSR count). The van der Waals surface area contributed by atoms with Crippen molar-refractivity contribution in [2.45, 2.75) is 20.8 Å². The fourth-order valence-corrected chi connectivity index (χ4v) is 0. The zero-order valence-electron chi connectivity index (χ0n) is 5.44. The van der Waals surface area contributed by atoms with Crippen molar-refractivity contribution in [3.63, 3.8) is 0 Å². The van der Waals surface area contributed by atoms with Gasteiger partial charge in [0, 0.05) is 0 Å². The van der Waals surface area contributed by atoms with Gasteiger partial charge in [0.2, 0.25) is 0 Å². The normalized spacial score (nSPS) is 2.57. The van der Waals surface area contributed by atoms with Crippen LogP contribution < -0.4 is 0 Å². The van der Waals surface area contributed by atoms with E-state index in [4.69, 9.17) is 0 Å². The topological polar surface area (TPSA) is 0 Å². The molecule has 0 amide bonds. The summed E-state index contributed by atoms with van der Waals surface area (Å²) in [6, 6.07) is 0. The Hall–Kier alpha value is 0.494. The van der Waals surface area contributed by atoms with E-state index in [-0.39, 0.29) is 16.5 Å². The van der Waals surface area contributed by atoms with Gasteiger partial charge in [0.1, 0.15) is 0 Å². The molecule has 0 nitrogen and oxygen atoms in total. The van der Waals surface area contributed by atoms with E-state index in [2.05, 4.69) is 20.8 Å². The van der Waals surface area contributed by atoms with Gasteiger partial charge in [-0.25, -0.2) is 0 Å². The molecular formula is C6H15Ni. The second kappa shape index (κ2) is 805. The molecule has 0 N–H and O–H groups in total. The van der Waals surface area contributed by atoms with Gasteiger partial charge in [0.15, 0.2) is 0 Å². The summed E-state index contributed by atoms with van der Waals surface area (Å²) in [5.41, 5.74) is 0. The number of rotatable bonds is 0. The molecule has 0 unspecified atom stereocenters. The first kappa shape index (κ1) is 25.9. The van der Waals surface area contributed by atoms with Gasteiger partial charge in [-0.1, -0.05) is 0 Å². The van der Waals surface area contributed by atoms with Crippen molar-refractivity contribution in [3.8, 4) is 0 Å². The Kier molecular flexibility index (Phi) is 2980. The van der Waals surface area contributed by atoms with Gasteiger partial charge in [-0.15, -0.1) is 0 Å². The Bertz CT molecular complexity index is 4.14. The smallest absolute Gasteiger partial charge is 0.346 e. The monoisotopic (exact) mass is 145 g/mol. The summed E-state index contributed by atoms with van der Waals surface area (Å²) in [5, 5.41) is 0. The Morgan fingerprint density at radius 3 is 0.571 bits per heavy atom. The summed E-state index contributed by atoms with van der Waals surface area (Å²) >= 11 is 0. The molecule has 0 aromatic heterocycles. The van der Waals surface area contributed by atoms with E-state index in [9.17, 15) is 0 Å². The first-order valence-electron chi connectivity index (χ1n) is 2.12. The third-order valence-electron chi connectivity index (χ3n) is 0. The molecule has 0 saturated heterocycles. The van der Waals surface area contributed by atoms with Crippen LogP contribution in [0.3, 0.4) is 0 Å². The largest absolute Gasteiger partial charge is 3.00 e.